The fourth-order valence-electron chi connectivity index (χ4n) is 1.62. The van der Waals surface area contributed by atoms with Gasteiger partial charge in [-0.25, -0.2) is 0 Å². The van der Waals surface area contributed by atoms with Gasteiger partial charge in [-0.2, -0.15) is 17.6 Å². The van der Waals surface area contributed by atoms with Gasteiger partial charge in [-0.15, -0.1) is 0 Å². The van der Waals surface area contributed by atoms with Gasteiger partial charge in [-0.3, -0.25) is 0 Å². The molecule has 4 nitrogen and oxygen atoms in total. The molecule has 0 aliphatic carbocycles. The molecule has 0 aliphatic heterocycles. The number of unbranched alkanes of at least 4 members (excludes halogenated alkanes) is 2. The lowest BCUT2D eigenvalue weighted by atomic mass is 10.2. The molecule has 126 valence electrons. The number of hydrogen-bond acceptors (Lipinski definition) is 4. The van der Waals surface area contributed by atoms with E-state index in [-0.39, 0.29) is 39.3 Å². The summed E-state index contributed by atoms with van der Waals surface area (Å²) in [6.07, 6.45) is 1.22. The molecule has 22 heavy (non-hydrogen) atoms. The van der Waals surface area contributed by atoms with Gasteiger partial charge in [0.2, 0.25) is 23.3 Å². The van der Waals surface area contributed by atoms with Crippen LogP contribution in [0.5, 0.6) is 11.5 Å². The number of aliphatic hydroxyl groups excluding tert-OH is 2. The Kier molecular flexibility index (Phi) is 7.97. The van der Waals surface area contributed by atoms with Gasteiger partial charge in [0, 0.05) is 13.2 Å². The van der Waals surface area contributed by atoms with E-state index in [1.165, 1.54) is 0 Å². The van der Waals surface area contributed by atoms with Gasteiger partial charge in [0.1, 0.15) is 0 Å². The van der Waals surface area contributed by atoms with Crippen LogP contribution in [-0.2, 0) is 0 Å². The average molecular weight is 326 g/mol. The van der Waals surface area contributed by atoms with Gasteiger partial charge < -0.3 is 19.7 Å². The maximum atomic E-state index is 13.7. The highest BCUT2D eigenvalue weighted by molar-refractivity contribution is 5.38. The van der Waals surface area contributed by atoms with Crippen LogP contribution in [0.15, 0.2) is 0 Å². The van der Waals surface area contributed by atoms with E-state index in [4.69, 9.17) is 19.7 Å². The second-order valence-corrected chi connectivity index (χ2v) is 4.47. The van der Waals surface area contributed by atoms with Crippen molar-refractivity contribution < 1.29 is 37.2 Å². The number of rotatable bonds is 10. The minimum Gasteiger partial charge on any atom is -0.487 e. The Hall–Kier alpha value is -1.54. The van der Waals surface area contributed by atoms with Gasteiger partial charge in [-0.05, 0) is 25.7 Å². The summed E-state index contributed by atoms with van der Waals surface area (Å²) in [5.74, 6) is -8.95. The van der Waals surface area contributed by atoms with E-state index < -0.39 is 34.8 Å². The molecular weight excluding hydrogens is 308 g/mol. The van der Waals surface area contributed by atoms with E-state index in [0.29, 0.717) is 12.8 Å². The van der Waals surface area contributed by atoms with Crippen molar-refractivity contribution in [3.63, 3.8) is 0 Å². The summed E-state index contributed by atoms with van der Waals surface area (Å²) < 4.78 is 64.2. The van der Waals surface area contributed by atoms with Gasteiger partial charge in [-0.1, -0.05) is 0 Å². The summed E-state index contributed by atoms with van der Waals surface area (Å²) >= 11 is 0. The number of ether oxygens (including phenoxy) is 2. The van der Waals surface area contributed by atoms with Crippen LogP contribution in [0.4, 0.5) is 17.6 Å². The summed E-state index contributed by atoms with van der Waals surface area (Å²) in [7, 11) is 0. The molecule has 0 heterocycles. The molecule has 1 aromatic carbocycles. The van der Waals surface area contributed by atoms with E-state index in [1.54, 1.807) is 0 Å². The zero-order valence-corrected chi connectivity index (χ0v) is 11.9. The molecule has 0 aliphatic rings. The molecule has 0 bridgehead atoms. The summed E-state index contributed by atoms with van der Waals surface area (Å²) in [6.45, 7) is -0.636. The first-order valence-electron chi connectivity index (χ1n) is 6.87. The van der Waals surface area contributed by atoms with Crippen LogP contribution in [0.2, 0.25) is 0 Å². The predicted molar refractivity (Wildman–Crippen MR) is 69.9 cm³/mol. The second kappa shape index (κ2) is 9.47. The van der Waals surface area contributed by atoms with Crippen LogP contribution in [0.3, 0.4) is 0 Å². The minimum atomic E-state index is -1.67. The van der Waals surface area contributed by atoms with Crippen molar-refractivity contribution in [3.8, 4) is 11.5 Å². The maximum Gasteiger partial charge on any atom is 0.207 e. The predicted octanol–water partition coefficient (Wildman–Crippen LogP) is 2.55. The SMILES string of the molecule is OCCCCOc1c(F)c(F)c(OCCCCO)c(F)c1F. The molecule has 1 rings (SSSR count). The molecule has 0 radical (unpaired) electrons. The van der Waals surface area contributed by atoms with Gasteiger partial charge >= 0.3 is 0 Å². The van der Waals surface area contributed by atoms with Crippen LogP contribution in [0, 0.1) is 23.3 Å². The lowest BCUT2D eigenvalue weighted by molar-refractivity contribution is 0.220. The summed E-state index contributed by atoms with van der Waals surface area (Å²) in [6, 6.07) is 0. The molecule has 0 unspecified atom stereocenters. The van der Waals surface area contributed by atoms with E-state index in [1.807, 2.05) is 0 Å². The number of halogens is 4. The second-order valence-electron chi connectivity index (χ2n) is 4.47. The molecule has 8 heteroatoms. The molecule has 2 N–H and O–H groups in total. The zero-order chi connectivity index (χ0) is 16.5. The van der Waals surface area contributed by atoms with E-state index >= 15 is 0 Å². The Morgan fingerprint density at radius 1 is 0.591 bits per heavy atom. The van der Waals surface area contributed by atoms with Crippen LogP contribution >= 0.6 is 0 Å². The Morgan fingerprint density at radius 3 is 1.18 bits per heavy atom. The number of aliphatic hydroxyl groups is 2. The Morgan fingerprint density at radius 2 is 0.909 bits per heavy atom. The maximum absolute atomic E-state index is 13.7. The van der Waals surface area contributed by atoms with Crippen molar-refractivity contribution in [2.75, 3.05) is 26.4 Å². The molecular formula is C14H18F4O4. The van der Waals surface area contributed by atoms with Crippen LogP contribution < -0.4 is 9.47 Å². The van der Waals surface area contributed by atoms with Crippen LogP contribution in [-0.4, -0.2) is 36.6 Å². The van der Waals surface area contributed by atoms with Crippen molar-refractivity contribution in [2.45, 2.75) is 25.7 Å². The smallest absolute Gasteiger partial charge is 0.207 e. The van der Waals surface area contributed by atoms with E-state index in [2.05, 4.69) is 0 Å². The average Bonchev–Trinajstić information content (AvgIpc) is 2.51. The standard InChI is InChI=1S/C14H18F4O4/c15-9-11(17)14(22-8-4-2-6-20)12(18)10(16)13(9)21-7-3-1-5-19/h19-20H,1-8H2. The topological polar surface area (TPSA) is 58.9 Å². The van der Waals surface area contributed by atoms with Crippen molar-refractivity contribution in [3.05, 3.63) is 23.3 Å². The first-order chi connectivity index (χ1) is 10.5. The highest BCUT2D eigenvalue weighted by Crippen LogP contribution is 2.34. The molecule has 0 spiro atoms. The molecule has 0 fully saturated rings. The number of benzene rings is 1. The molecule has 0 saturated heterocycles. The highest BCUT2D eigenvalue weighted by Gasteiger charge is 2.27. The number of hydrogen-bond donors (Lipinski definition) is 2. The third-order valence-corrected chi connectivity index (χ3v) is 2.78. The molecule has 0 amide bonds. The molecule has 1 aromatic rings. The van der Waals surface area contributed by atoms with E-state index in [0.717, 1.165) is 0 Å². The lowest BCUT2D eigenvalue weighted by Crippen LogP contribution is -2.10. The van der Waals surface area contributed by atoms with Gasteiger partial charge in [0.25, 0.3) is 0 Å². The third-order valence-electron chi connectivity index (χ3n) is 2.78. The largest absolute Gasteiger partial charge is 0.487 e. The van der Waals surface area contributed by atoms with Crippen molar-refractivity contribution in [2.24, 2.45) is 0 Å². The van der Waals surface area contributed by atoms with Crippen molar-refractivity contribution >= 4 is 0 Å². The van der Waals surface area contributed by atoms with E-state index in [9.17, 15) is 17.6 Å². The Balaban J connectivity index is 2.85. The van der Waals surface area contributed by atoms with Crippen LogP contribution in [0.1, 0.15) is 25.7 Å². The normalized spacial score (nSPS) is 10.8. The minimum absolute atomic E-state index is 0.127. The first-order valence-corrected chi connectivity index (χ1v) is 6.87. The Bertz CT molecular complexity index is 410. The highest BCUT2D eigenvalue weighted by atomic mass is 19.2. The fraction of sp³-hybridized carbons (Fsp3) is 0.571. The molecule has 0 saturated carbocycles. The third kappa shape index (κ3) is 4.74. The first kappa shape index (κ1) is 18.5. The lowest BCUT2D eigenvalue weighted by Gasteiger charge is -2.13. The monoisotopic (exact) mass is 326 g/mol. The zero-order valence-electron chi connectivity index (χ0n) is 11.9. The molecule has 0 atom stereocenters. The fourth-order valence-corrected chi connectivity index (χ4v) is 1.62. The quantitative estimate of drug-likeness (QED) is 0.394. The Labute approximate surface area is 125 Å². The van der Waals surface area contributed by atoms with Crippen molar-refractivity contribution in [1.29, 1.82) is 0 Å². The summed E-state index contributed by atoms with van der Waals surface area (Å²) in [5, 5.41) is 17.1. The van der Waals surface area contributed by atoms with Gasteiger partial charge in [0.15, 0.2) is 11.5 Å². The summed E-state index contributed by atoms with van der Waals surface area (Å²) in [4.78, 5) is 0. The van der Waals surface area contributed by atoms with Crippen molar-refractivity contribution in [1.82, 2.24) is 0 Å². The summed E-state index contributed by atoms with van der Waals surface area (Å²) in [5.41, 5.74) is 0. The molecule has 0 aromatic heterocycles. The van der Waals surface area contributed by atoms with Gasteiger partial charge in [0.05, 0.1) is 13.2 Å². The van der Waals surface area contributed by atoms with Crippen LogP contribution in [0.25, 0.3) is 0 Å².